The summed E-state index contributed by atoms with van der Waals surface area (Å²) in [5.74, 6) is 0. The van der Waals surface area contributed by atoms with Gasteiger partial charge in [-0.3, -0.25) is 0 Å². The minimum atomic E-state index is 0.145. The molecule has 1 aliphatic heterocycles. The summed E-state index contributed by atoms with van der Waals surface area (Å²) in [7, 11) is 0. The van der Waals surface area contributed by atoms with Gasteiger partial charge < -0.3 is 20.1 Å². The third-order valence-electron chi connectivity index (χ3n) is 5.20. The van der Waals surface area contributed by atoms with Crippen molar-refractivity contribution in [2.45, 2.75) is 58.0 Å². The Morgan fingerprint density at radius 3 is 2.52 bits per heavy atom. The zero-order valence-corrected chi connectivity index (χ0v) is 13.8. The van der Waals surface area contributed by atoms with Crippen LogP contribution < -0.4 is 5.32 Å². The molecule has 1 heterocycles. The number of ether oxygens (including phenoxy) is 1. The van der Waals surface area contributed by atoms with Crippen molar-refractivity contribution >= 4 is 0 Å². The molecule has 21 heavy (non-hydrogen) atoms. The van der Waals surface area contributed by atoms with E-state index < -0.39 is 0 Å². The third-order valence-corrected chi connectivity index (χ3v) is 5.20. The van der Waals surface area contributed by atoms with Crippen LogP contribution in [0, 0.1) is 5.41 Å². The molecule has 0 amide bonds. The molecule has 0 radical (unpaired) electrons. The normalized spacial score (nSPS) is 24.3. The van der Waals surface area contributed by atoms with Crippen LogP contribution in [-0.4, -0.2) is 62.0 Å². The van der Waals surface area contributed by atoms with Crippen LogP contribution >= 0.6 is 0 Å². The highest BCUT2D eigenvalue weighted by molar-refractivity contribution is 4.89. The first kappa shape index (κ1) is 17.2. The monoisotopic (exact) mass is 298 g/mol. The van der Waals surface area contributed by atoms with E-state index in [0.717, 1.165) is 32.5 Å². The van der Waals surface area contributed by atoms with Crippen LogP contribution in [0.5, 0.6) is 0 Å². The van der Waals surface area contributed by atoms with Crippen LogP contribution in [0.1, 0.15) is 51.9 Å². The summed E-state index contributed by atoms with van der Waals surface area (Å²) in [5.41, 5.74) is 0.507. The van der Waals surface area contributed by atoms with Crippen molar-refractivity contribution < 1.29 is 9.84 Å². The zero-order chi connectivity index (χ0) is 15.0. The van der Waals surface area contributed by atoms with Gasteiger partial charge in [-0.15, -0.1) is 0 Å². The smallest absolute Gasteiger partial charge is 0.0701 e. The molecule has 0 aromatic carbocycles. The Balaban J connectivity index is 1.78. The van der Waals surface area contributed by atoms with E-state index in [1.807, 2.05) is 0 Å². The molecule has 4 heteroatoms. The third kappa shape index (κ3) is 5.51. The van der Waals surface area contributed by atoms with Gasteiger partial charge in [0.15, 0.2) is 0 Å². The predicted molar refractivity (Wildman–Crippen MR) is 86.6 cm³/mol. The maximum atomic E-state index is 8.84. The van der Waals surface area contributed by atoms with E-state index in [9.17, 15) is 0 Å². The van der Waals surface area contributed by atoms with Crippen molar-refractivity contribution in [1.82, 2.24) is 10.2 Å². The van der Waals surface area contributed by atoms with Crippen LogP contribution in [0.4, 0.5) is 0 Å². The SMILES string of the molecule is CCNCC1(CN2CCC(OCCO)CC2)CCCCC1. The Hall–Kier alpha value is -0.160. The topological polar surface area (TPSA) is 44.7 Å². The number of rotatable bonds is 8. The van der Waals surface area contributed by atoms with Gasteiger partial charge in [0.1, 0.15) is 0 Å². The second-order valence-electron chi connectivity index (χ2n) is 6.91. The molecule has 0 bridgehead atoms. The molecule has 0 aromatic heterocycles. The second-order valence-corrected chi connectivity index (χ2v) is 6.91. The summed E-state index contributed by atoms with van der Waals surface area (Å²) in [6.45, 7) is 8.69. The lowest BCUT2D eigenvalue weighted by molar-refractivity contribution is -0.0177. The Labute approximate surface area is 130 Å². The Morgan fingerprint density at radius 1 is 1.19 bits per heavy atom. The number of hydrogen-bond acceptors (Lipinski definition) is 4. The van der Waals surface area contributed by atoms with Crippen molar-refractivity contribution in [3.05, 3.63) is 0 Å². The molecule has 2 aliphatic rings. The number of nitrogens with one attached hydrogen (secondary N) is 1. The minimum Gasteiger partial charge on any atom is -0.394 e. The molecule has 2 rings (SSSR count). The highest BCUT2D eigenvalue weighted by atomic mass is 16.5. The van der Waals surface area contributed by atoms with Gasteiger partial charge in [-0.2, -0.15) is 0 Å². The van der Waals surface area contributed by atoms with Crippen molar-refractivity contribution in [2.75, 3.05) is 45.9 Å². The average Bonchev–Trinajstić information content (AvgIpc) is 2.53. The molecule has 1 aliphatic carbocycles. The largest absolute Gasteiger partial charge is 0.394 e. The van der Waals surface area contributed by atoms with Crippen LogP contribution in [0.15, 0.2) is 0 Å². The predicted octanol–water partition coefficient (Wildman–Crippen LogP) is 2.02. The van der Waals surface area contributed by atoms with Crippen LogP contribution in [0.2, 0.25) is 0 Å². The minimum absolute atomic E-state index is 0.145. The fourth-order valence-electron chi connectivity index (χ4n) is 4.01. The van der Waals surface area contributed by atoms with Crippen LogP contribution in [-0.2, 0) is 4.74 Å². The Bertz CT molecular complexity index is 272. The lowest BCUT2D eigenvalue weighted by Crippen LogP contribution is -2.48. The molecule has 0 unspecified atom stereocenters. The first-order chi connectivity index (χ1) is 10.3. The fourth-order valence-corrected chi connectivity index (χ4v) is 4.01. The molecule has 2 fully saturated rings. The first-order valence-electron chi connectivity index (χ1n) is 8.93. The van der Waals surface area contributed by atoms with E-state index in [4.69, 9.17) is 9.84 Å². The zero-order valence-electron chi connectivity index (χ0n) is 13.8. The lowest BCUT2D eigenvalue weighted by Gasteiger charge is -2.43. The molecule has 0 atom stereocenters. The molecular weight excluding hydrogens is 264 g/mol. The van der Waals surface area contributed by atoms with Crippen molar-refractivity contribution in [2.24, 2.45) is 5.41 Å². The molecule has 124 valence electrons. The first-order valence-corrected chi connectivity index (χ1v) is 8.93. The number of piperidine rings is 1. The van der Waals surface area contributed by atoms with Gasteiger partial charge in [-0.25, -0.2) is 0 Å². The van der Waals surface area contributed by atoms with E-state index in [1.165, 1.54) is 45.2 Å². The lowest BCUT2D eigenvalue weighted by atomic mass is 9.73. The summed E-state index contributed by atoms with van der Waals surface area (Å²) in [4.78, 5) is 2.65. The number of likely N-dealkylation sites (tertiary alicyclic amines) is 1. The van der Waals surface area contributed by atoms with Gasteiger partial charge in [0.2, 0.25) is 0 Å². The fraction of sp³-hybridized carbons (Fsp3) is 1.00. The molecule has 0 aromatic rings. The van der Waals surface area contributed by atoms with E-state index in [-0.39, 0.29) is 6.61 Å². The number of aliphatic hydroxyl groups is 1. The maximum Gasteiger partial charge on any atom is 0.0701 e. The number of hydrogen-bond donors (Lipinski definition) is 2. The Kier molecular flexibility index (Phi) is 7.44. The van der Waals surface area contributed by atoms with E-state index >= 15 is 0 Å². The summed E-state index contributed by atoms with van der Waals surface area (Å²) in [5, 5.41) is 12.4. The molecular formula is C17H34N2O2. The summed E-state index contributed by atoms with van der Waals surface area (Å²) >= 11 is 0. The summed E-state index contributed by atoms with van der Waals surface area (Å²) < 4.78 is 5.67. The van der Waals surface area contributed by atoms with Gasteiger partial charge in [0, 0.05) is 26.2 Å². The van der Waals surface area contributed by atoms with E-state index in [1.54, 1.807) is 0 Å². The van der Waals surface area contributed by atoms with Gasteiger partial charge >= 0.3 is 0 Å². The van der Waals surface area contributed by atoms with Gasteiger partial charge in [0.25, 0.3) is 0 Å². The summed E-state index contributed by atoms with van der Waals surface area (Å²) in [6, 6.07) is 0. The maximum absolute atomic E-state index is 8.84. The standard InChI is InChI=1S/C17H34N2O2/c1-2-18-14-17(8-4-3-5-9-17)15-19-10-6-16(7-11-19)21-13-12-20/h16,18,20H,2-15H2,1H3. The number of nitrogens with zero attached hydrogens (tertiary/aromatic N) is 1. The van der Waals surface area contributed by atoms with E-state index in [2.05, 4.69) is 17.1 Å². The molecule has 0 spiro atoms. The second kappa shape index (κ2) is 9.09. The van der Waals surface area contributed by atoms with Gasteiger partial charge in [-0.1, -0.05) is 26.2 Å². The molecule has 1 saturated carbocycles. The highest BCUT2D eigenvalue weighted by Gasteiger charge is 2.34. The van der Waals surface area contributed by atoms with Crippen LogP contribution in [0.3, 0.4) is 0 Å². The molecule has 2 N–H and O–H groups in total. The van der Waals surface area contributed by atoms with Crippen LogP contribution in [0.25, 0.3) is 0 Å². The molecule has 4 nitrogen and oxygen atoms in total. The highest BCUT2D eigenvalue weighted by Crippen LogP contribution is 2.37. The van der Waals surface area contributed by atoms with Gasteiger partial charge in [0.05, 0.1) is 19.3 Å². The summed E-state index contributed by atoms with van der Waals surface area (Å²) in [6.07, 6.45) is 9.62. The van der Waals surface area contributed by atoms with Crippen molar-refractivity contribution in [3.8, 4) is 0 Å². The van der Waals surface area contributed by atoms with Crippen molar-refractivity contribution in [1.29, 1.82) is 0 Å². The average molecular weight is 298 g/mol. The van der Waals surface area contributed by atoms with E-state index in [0.29, 0.717) is 18.1 Å². The molecule has 1 saturated heterocycles. The van der Waals surface area contributed by atoms with Crippen molar-refractivity contribution in [3.63, 3.8) is 0 Å². The van der Waals surface area contributed by atoms with Gasteiger partial charge in [-0.05, 0) is 37.6 Å². The quantitative estimate of drug-likeness (QED) is 0.719. The Morgan fingerprint density at radius 2 is 1.90 bits per heavy atom. The number of aliphatic hydroxyl groups excluding tert-OH is 1.